The molecule has 28 heavy (non-hydrogen) atoms. The third kappa shape index (κ3) is 15.9. The van der Waals surface area contributed by atoms with Crippen molar-refractivity contribution in [2.24, 2.45) is 5.92 Å². The second-order valence-corrected chi connectivity index (χ2v) is 6.08. The first-order valence-electron chi connectivity index (χ1n) is 9.59. The van der Waals surface area contributed by atoms with Crippen LogP contribution >= 0.6 is 0 Å². The number of aliphatic carboxylic acids is 1. The number of hydrogen-bond acceptors (Lipinski definition) is 1. The number of rotatable bonds is 14. The predicted octanol–water partition coefficient (Wildman–Crippen LogP) is 7.34. The molecule has 0 saturated carbocycles. The molecule has 0 aromatic carbocycles. The minimum atomic E-state index is -4.71. The molecular formula is C23H31F3O2. The lowest BCUT2D eigenvalue weighted by atomic mass is 10.1. The molecule has 0 rings (SSSR count). The van der Waals surface area contributed by atoms with Crippen LogP contribution in [0.3, 0.4) is 0 Å². The van der Waals surface area contributed by atoms with Gasteiger partial charge in [-0.1, -0.05) is 79.8 Å². The summed E-state index contributed by atoms with van der Waals surface area (Å²) in [6.07, 6.45) is 23.3. The van der Waals surface area contributed by atoms with Gasteiger partial charge in [0.05, 0.1) is 0 Å². The van der Waals surface area contributed by atoms with Crippen molar-refractivity contribution in [2.75, 3.05) is 0 Å². The van der Waals surface area contributed by atoms with E-state index < -0.39 is 24.5 Å². The molecule has 0 fully saturated rings. The van der Waals surface area contributed by atoms with Crippen molar-refractivity contribution in [3.05, 3.63) is 72.9 Å². The lowest BCUT2D eigenvalue weighted by Gasteiger charge is -2.13. The summed E-state index contributed by atoms with van der Waals surface area (Å²) in [7, 11) is 0. The van der Waals surface area contributed by atoms with E-state index in [1.807, 2.05) is 18.2 Å². The van der Waals surface area contributed by atoms with Crippen LogP contribution in [-0.4, -0.2) is 17.3 Å². The summed E-state index contributed by atoms with van der Waals surface area (Å²) in [5.74, 6) is -4.18. The van der Waals surface area contributed by atoms with Gasteiger partial charge in [0.25, 0.3) is 0 Å². The van der Waals surface area contributed by atoms with Gasteiger partial charge in [0.15, 0.2) is 5.92 Å². The third-order valence-electron chi connectivity index (χ3n) is 3.66. The minimum absolute atomic E-state index is 0.484. The predicted molar refractivity (Wildman–Crippen MR) is 110 cm³/mol. The fraction of sp³-hybridized carbons (Fsp3) is 0.435. The van der Waals surface area contributed by atoms with Crippen LogP contribution in [0.5, 0.6) is 0 Å². The van der Waals surface area contributed by atoms with E-state index in [1.165, 1.54) is 6.08 Å². The molecule has 1 atom stereocenters. The second-order valence-electron chi connectivity index (χ2n) is 6.08. The van der Waals surface area contributed by atoms with Crippen LogP contribution < -0.4 is 0 Å². The molecule has 0 radical (unpaired) electrons. The molecule has 0 aliphatic carbocycles. The number of allylic oxidation sites excluding steroid dienone is 12. The molecule has 1 unspecified atom stereocenters. The zero-order valence-corrected chi connectivity index (χ0v) is 16.4. The number of carboxylic acids is 1. The van der Waals surface area contributed by atoms with Gasteiger partial charge in [0, 0.05) is 0 Å². The highest BCUT2D eigenvalue weighted by Gasteiger charge is 2.43. The monoisotopic (exact) mass is 396 g/mol. The molecule has 156 valence electrons. The Bertz CT molecular complexity index is 579. The molecule has 0 spiro atoms. The van der Waals surface area contributed by atoms with E-state index in [2.05, 4.69) is 49.5 Å². The average Bonchev–Trinajstić information content (AvgIpc) is 2.62. The maximum atomic E-state index is 12.4. The first-order chi connectivity index (χ1) is 13.4. The molecular weight excluding hydrogens is 365 g/mol. The summed E-state index contributed by atoms with van der Waals surface area (Å²) in [4.78, 5) is 10.6. The Balaban J connectivity index is 3.82. The second kappa shape index (κ2) is 16.8. The summed E-state index contributed by atoms with van der Waals surface area (Å²) >= 11 is 0. The largest absolute Gasteiger partial charge is 0.481 e. The molecule has 0 aromatic rings. The van der Waals surface area contributed by atoms with E-state index in [0.29, 0.717) is 6.42 Å². The summed E-state index contributed by atoms with van der Waals surface area (Å²) in [6, 6.07) is 0. The first-order valence-corrected chi connectivity index (χ1v) is 9.59. The van der Waals surface area contributed by atoms with Crippen molar-refractivity contribution in [3.63, 3.8) is 0 Å². The van der Waals surface area contributed by atoms with Crippen LogP contribution in [0.2, 0.25) is 0 Å². The van der Waals surface area contributed by atoms with E-state index in [-0.39, 0.29) is 0 Å². The molecule has 5 heteroatoms. The Labute approximate surface area is 166 Å². The molecule has 1 N–H and O–H groups in total. The van der Waals surface area contributed by atoms with Gasteiger partial charge in [0.2, 0.25) is 0 Å². The Morgan fingerprint density at radius 2 is 1.04 bits per heavy atom. The Hall–Kier alpha value is -2.30. The zero-order valence-electron chi connectivity index (χ0n) is 16.4. The third-order valence-corrected chi connectivity index (χ3v) is 3.66. The normalized spacial score (nSPS) is 14.7. The average molecular weight is 396 g/mol. The van der Waals surface area contributed by atoms with Gasteiger partial charge in [-0.05, 0) is 44.9 Å². The SMILES string of the molecule is CC/C=C\C/C=C\C/C=C\C/C=C\C/C=C\C/C=C\CC(C(=O)O)C(F)(F)F. The van der Waals surface area contributed by atoms with Gasteiger partial charge in [-0.25, -0.2) is 0 Å². The van der Waals surface area contributed by atoms with Crippen LogP contribution in [0, 0.1) is 5.92 Å². The lowest BCUT2D eigenvalue weighted by molar-refractivity contribution is -0.192. The van der Waals surface area contributed by atoms with E-state index in [4.69, 9.17) is 5.11 Å². The van der Waals surface area contributed by atoms with Gasteiger partial charge < -0.3 is 5.11 Å². The van der Waals surface area contributed by atoms with Gasteiger partial charge in [-0.3, -0.25) is 4.79 Å². The van der Waals surface area contributed by atoms with Crippen LogP contribution in [-0.2, 0) is 4.79 Å². The Morgan fingerprint density at radius 1 is 0.714 bits per heavy atom. The van der Waals surface area contributed by atoms with Crippen LogP contribution in [0.4, 0.5) is 13.2 Å². The maximum absolute atomic E-state index is 12.4. The van der Waals surface area contributed by atoms with Crippen molar-refractivity contribution in [3.8, 4) is 0 Å². The van der Waals surface area contributed by atoms with E-state index in [1.54, 1.807) is 6.08 Å². The van der Waals surface area contributed by atoms with Crippen molar-refractivity contribution < 1.29 is 23.1 Å². The number of hydrogen-bond donors (Lipinski definition) is 1. The summed E-state index contributed by atoms with van der Waals surface area (Å²) in [5.41, 5.74) is 0. The maximum Gasteiger partial charge on any atom is 0.402 e. The fourth-order valence-corrected chi connectivity index (χ4v) is 2.13. The first kappa shape index (κ1) is 25.7. The summed E-state index contributed by atoms with van der Waals surface area (Å²) in [5, 5.41) is 8.57. The molecule has 0 saturated heterocycles. The number of halogens is 3. The van der Waals surface area contributed by atoms with Crippen molar-refractivity contribution in [2.45, 2.75) is 58.0 Å². The fourth-order valence-electron chi connectivity index (χ4n) is 2.13. The van der Waals surface area contributed by atoms with Crippen molar-refractivity contribution >= 4 is 5.97 Å². The zero-order chi connectivity index (χ0) is 21.1. The van der Waals surface area contributed by atoms with Crippen LogP contribution in [0.15, 0.2) is 72.9 Å². The van der Waals surface area contributed by atoms with Gasteiger partial charge in [0.1, 0.15) is 0 Å². The lowest BCUT2D eigenvalue weighted by Crippen LogP contribution is -2.29. The molecule has 0 bridgehead atoms. The van der Waals surface area contributed by atoms with Gasteiger partial charge >= 0.3 is 12.1 Å². The van der Waals surface area contributed by atoms with E-state index >= 15 is 0 Å². The molecule has 0 heterocycles. The van der Waals surface area contributed by atoms with Crippen LogP contribution in [0.25, 0.3) is 0 Å². The highest BCUT2D eigenvalue weighted by atomic mass is 19.4. The van der Waals surface area contributed by atoms with E-state index in [0.717, 1.165) is 32.1 Å². The Kier molecular flexibility index (Phi) is 15.5. The molecule has 0 amide bonds. The van der Waals surface area contributed by atoms with Gasteiger partial charge in [-0.15, -0.1) is 0 Å². The van der Waals surface area contributed by atoms with E-state index in [9.17, 15) is 18.0 Å². The highest BCUT2D eigenvalue weighted by Crippen LogP contribution is 2.29. The quantitative estimate of drug-likeness (QED) is 0.312. The number of carboxylic acid groups (broad SMARTS) is 1. The van der Waals surface area contributed by atoms with Crippen LogP contribution in [0.1, 0.15) is 51.9 Å². The minimum Gasteiger partial charge on any atom is -0.481 e. The smallest absolute Gasteiger partial charge is 0.402 e. The highest BCUT2D eigenvalue weighted by molar-refractivity contribution is 5.71. The van der Waals surface area contributed by atoms with Gasteiger partial charge in [-0.2, -0.15) is 13.2 Å². The molecule has 0 aliphatic rings. The standard InChI is InChI=1S/C23H31F3O2/c1-2-3-4-5-6-7-8-9-10-11-12-13-14-15-16-17-18-19-20-21(22(27)28)23(24,25)26/h3-4,6-7,9-10,12-13,15-16,18-19,21H,2,5,8,11,14,17,20H2,1H3,(H,27,28)/b4-3-,7-6-,10-9-,13-12-,16-15-,19-18-. The Morgan fingerprint density at radius 3 is 1.32 bits per heavy atom. The summed E-state index contributed by atoms with van der Waals surface area (Å²) < 4.78 is 37.3. The van der Waals surface area contributed by atoms with Crippen molar-refractivity contribution in [1.29, 1.82) is 0 Å². The molecule has 2 nitrogen and oxygen atoms in total. The summed E-state index contributed by atoms with van der Waals surface area (Å²) in [6.45, 7) is 2.12. The number of carbonyl (C=O) groups is 1. The topological polar surface area (TPSA) is 37.3 Å². The molecule has 0 aliphatic heterocycles. The molecule has 0 aromatic heterocycles. The number of alkyl halides is 3. The van der Waals surface area contributed by atoms with Crippen molar-refractivity contribution in [1.82, 2.24) is 0 Å².